The molecule has 184 valence electrons. The number of aliphatic hydroxyl groups excluding tert-OH is 1. The number of benzene rings is 1. The Morgan fingerprint density at radius 1 is 1.15 bits per heavy atom. The van der Waals surface area contributed by atoms with Crippen LogP contribution in [0.5, 0.6) is 5.75 Å². The molecule has 0 saturated carbocycles. The second kappa shape index (κ2) is 10.9. The van der Waals surface area contributed by atoms with E-state index < -0.39 is 17.4 Å². The van der Waals surface area contributed by atoms with E-state index in [0.29, 0.717) is 18.2 Å². The maximum atomic E-state index is 13.0. The van der Waals surface area contributed by atoms with Crippen LogP contribution in [-0.4, -0.2) is 80.8 Å². The Labute approximate surface area is 197 Å². The van der Waals surface area contributed by atoms with Gasteiger partial charge in [-0.3, -0.25) is 18.8 Å². The molecule has 1 atom stereocenters. The van der Waals surface area contributed by atoms with Crippen molar-refractivity contribution in [1.29, 1.82) is 0 Å². The molecule has 0 unspecified atom stereocenters. The number of aliphatic hydroxyl groups is 1. The number of nitrogens with zero attached hydrogens (tertiary/aromatic N) is 5. The second-order valence-electron chi connectivity index (χ2n) is 8.44. The van der Waals surface area contributed by atoms with E-state index >= 15 is 0 Å². The Hall–Kier alpha value is -3.15. The van der Waals surface area contributed by atoms with Gasteiger partial charge in [0.05, 0.1) is 19.8 Å². The molecule has 34 heavy (non-hydrogen) atoms. The molecule has 0 radical (unpaired) electrons. The summed E-state index contributed by atoms with van der Waals surface area (Å²) in [7, 11) is 3.02. The molecule has 1 aliphatic rings. The van der Waals surface area contributed by atoms with Crippen LogP contribution < -0.4 is 21.3 Å². The van der Waals surface area contributed by atoms with E-state index in [4.69, 9.17) is 9.47 Å². The minimum atomic E-state index is -0.895. The molecule has 2 aromatic heterocycles. The molecule has 4 rings (SSSR count). The lowest BCUT2D eigenvalue weighted by atomic mass is 10.3. The summed E-state index contributed by atoms with van der Waals surface area (Å²) in [4.78, 5) is 32.3. The molecule has 0 amide bonds. The van der Waals surface area contributed by atoms with E-state index in [1.165, 1.54) is 11.6 Å². The minimum absolute atomic E-state index is 0.0479. The zero-order valence-corrected chi connectivity index (χ0v) is 19.6. The molecule has 2 N–H and O–H groups in total. The van der Waals surface area contributed by atoms with Gasteiger partial charge in [0.2, 0.25) is 5.95 Å². The smallest absolute Gasteiger partial charge is 0.332 e. The number of hydrogen-bond acceptors (Lipinski definition) is 8. The molecule has 11 heteroatoms. The monoisotopic (exact) mass is 472 g/mol. The fraction of sp³-hybridized carbons (Fsp3) is 0.522. The van der Waals surface area contributed by atoms with Gasteiger partial charge in [0, 0.05) is 33.7 Å². The molecule has 0 spiro atoms. The maximum Gasteiger partial charge on any atom is 0.332 e. The fourth-order valence-corrected chi connectivity index (χ4v) is 4.06. The molecule has 11 nitrogen and oxygen atoms in total. The fourth-order valence-electron chi connectivity index (χ4n) is 4.06. The van der Waals surface area contributed by atoms with Crippen molar-refractivity contribution >= 4 is 17.1 Å². The van der Waals surface area contributed by atoms with Crippen molar-refractivity contribution in [1.82, 2.24) is 23.6 Å². The normalized spacial score (nSPS) is 15.5. The van der Waals surface area contributed by atoms with Gasteiger partial charge in [0.1, 0.15) is 18.5 Å². The number of nitrogens with one attached hydrogen (secondary N) is 1. The maximum absolute atomic E-state index is 13.0. The van der Waals surface area contributed by atoms with Crippen LogP contribution in [0, 0.1) is 0 Å². The topological polar surface area (TPSA) is 116 Å². The predicted molar refractivity (Wildman–Crippen MR) is 129 cm³/mol. The SMILES string of the molecule is Cn1c(=O)c2c(nc(NCCCN3CCOCC3)n2C[C@@H](O)COc2ccccc2)n(C)c1=O. The van der Waals surface area contributed by atoms with Crippen LogP contribution in [0.3, 0.4) is 0 Å². The number of aromatic nitrogens is 4. The molecular weight excluding hydrogens is 440 g/mol. The zero-order chi connectivity index (χ0) is 24.1. The van der Waals surface area contributed by atoms with Crippen LogP contribution in [0.2, 0.25) is 0 Å². The summed E-state index contributed by atoms with van der Waals surface area (Å²) < 4.78 is 15.1. The van der Waals surface area contributed by atoms with Crippen LogP contribution >= 0.6 is 0 Å². The van der Waals surface area contributed by atoms with E-state index in [0.717, 1.165) is 43.8 Å². The molecule has 0 bridgehead atoms. The molecule has 1 aliphatic heterocycles. The number of rotatable bonds is 10. The first-order chi connectivity index (χ1) is 16.5. The highest BCUT2D eigenvalue weighted by Crippen LogP contribution is 2.17. The number of para-hydroxylation sites is 1. The summed E-state index contributed by atoms with van der Waals surface area (Å²) in [6.07, 6.45) is -0.0201. The van der Waals surface area contributed by atoms with Crippen LogP contribution in [0.1, 0.15) is 6.42 Å². The van der Waals surface area contributed by atoms with Crippen molar-refractivity contribution in [3.63, 3.8) is 0 Å². The summed E-state index contributed by atoms with van der Waals surface area (Å²) >= 11 is 0. The van der Waals surface area contributed by atoms with Crippen molar-refractivity contribution < 1.29 is 14.6 Å². The summed E-state index contributed by atoms with van der Waals surface area (Å²) in [6, 6.07) is 9.22. The Kier molecular flexibility index (Phi) is 7.66. The van der Waals surface area contributed by atoms with Crippen molar-refractivity contribution in [3.8, 4) is 5.75 Å². The van der Waals surface area contributed by atoms with Gasteiger partial charge < -0.3 is 24.5 Å². The molecule has 1 fully saturated rings. The Morgan fingerprint density at radius 3 is 2.62 bits per heavy atom. The summed E-state index contributed by atoms with van der Waals surface area (Å²) in [5, 5.41) is 14.0. The van der Waals surface area contributed by atoms with Crippen molar-refractivity contribution in [2.75, 3.05) is 51.3 Å². The number of fused-ring (bicyclic) bond motifs is 1. The van der Waals surface area contributed by atoms with E-state index in [1.807, 2.05) is 30.3 Å². The zero-order valence-electron chi connectivity index (χ0n) is 19.6. The van der Waals surface area contributed by atoms with Crippen molar-refractivity contribution in [2.24, 2.45) is 14.1 Å². The van der Waals surface area contributed by atoms with Crippen LogP contribution in [0.15, 0.2) is 39.9 Å². The molecule has 1 aromatic carbocycles. The molecular formula is C23H32N6O5. The average Bonchev–Trinajstić information content (AvgIpc) is 3.22. The lowest BCUT2D eigenvalue weighted by molar-refractivity contribution is 0.0378. The summed E-state index contributed by atoms with van der Waals surface area (Å²) in [5.74, 6) is 1.09. The highest BCUT2D eigenvalue weighted by Gasteiger charge is 2.21. The van der Waals surface area contributed by atoms with E-state index in [-0.39, 0.29) is 24.3 Å². The number of hydrogen-bond donors (Lipinski definition) is 2. The van der Waals surface area contributed by atoms with E-state index in [1.54, 1.807) is 11.6 Å². The van der Waals surface area contributed by atoms with Gasteiger partial charge in [-0.2, -0.15) is 4.98 Å². The average molecular weight is 473 g/mol. The van der Waals surface area contributed by atoms with Gasteiger partial charge in [-0.1, -0.05) is 18.2 Å². The molecule has 1 saturated heterocycles. The Balaban J connectivity index is 1.53. The summed E-state index contributed by atoms with van der Waals surface area (Å²) in [5.41, 5.74) is -0.365. The van der Waals surface area contributed by atoms with Crippen molar-refractivity contribution in [3.05, 3.63) is 51.2 Å². The standard InChI is InChI=1S/C23H32N6O5/c1-26-20-19(21(31)27(2)23(26)32)29(15-17(30)16-34-18-7-4-3-5-8-18)22(25-20)24-9-6-10-28-11-13-33-14-12-28/h3-5,7-8,17,30H,6,9-16H2,1-2H3,(H,24,25)/t17-/m1/s1. The van der Waals surface area contributed by atoms with Gasteiger partial charge >= 0.3 is 5.69 Å². The Bertz CT molecular complexity index is 1210. The first-order valence-corrected chi connectivity index (χ1v) is 11.5. The number of ether oxygens (including phenoxy) is 2. The van der Waals surface area contributed by atoms with Crippen molar-refractivity contribution in [2.45, 2.75) is 19.1 Å². The molecule has 3 heterocycles. The lowest BCUT2D eigenvalue weighted by Crippen LogP contribution is -2.38. The molecule has 3 aromatic rings. The van der Waals surface area contributed by atoms with Crippen LogP contribution in [0.4, 0.5) is 5.95 Å². The predicted octanol–water partition coefficient (Wildman–Crippen LogP) is 0.00780. The number of anilines is 1. The highest BCUT2D eigenvalue weighted by molar-refractivity contribution is 5.74. The number of morpholine rings is 1. The molecule has 0 aliphatic carbocycles. The second-order valence-corrected chi connectivity index (χ2v) is 8.44. The van der Waals surface area contributed by atoms with Gasteiger partial charge in [0.15, 0.2) is 11.2 Å². The number of imidazole rings is 1. The highest BCUT2D eigenvalue weighted by atomic mass is 16.5. The van der Waals surface area contributed by atoms with Crippen LogP contribution in [0.25, 0.3) is 11.2 Å². The van der Waals surface area contributed by atoms with Gasteiger partial charge in [0.25, 0.3) is 5.56 Å². The van der Waals surface area contributed by atoms with Gasteiger partial charge in [-0.25, -0.2) is 4.79 Å². The number of aryl methyl sites for hydroxylation is 1. The quantitative estimate of drug-likeness (QED) is 0.397. The lowest BCUT2D eigenvalue weighted by Gasteiger charge is -2.26. The third kappa shape index (κ3) is 5.32. The summed E-state index contributed by atoms with van der Waals surface area (Å²) in [6.45, 7) is 5.03. The van der Waals surface area contributed by atoms with Gasteiger partial charge in [-0.15, -0.1) is 0 Å². The largest absolute Gasteiger partial charge is 0.491 e. The van der Waals surface area contributed by atoms with E-state index in [9.17, 15) is 14.7 Å². The third-order valence-corrected chi connectivity index (χ3v) is 5.96. The Morgan fingerprint density at radius 2 is 1.88 bits per heavy atom. The van der Waals surface area contributed by atoms with Crippen LogP contribution in [-0.2, 0) is 25.4 Å². The first-order valence-electron chi connectivity index (χ1n) is 11.5. The third-order valence-electron chi connectivity index (χ3n) is 5.96. The minimum Gasteiger partial charge on any atom is -0.491 e. The van der Waals surface area contributed by atoms with Gasteiger partial charge in [-0.05, 0) is 25.1 Å². The van der Waals surface area contributed by atoms with E-state index in [2.05, 4.69) is 15.2 Å². The first kappa shape index (κ1) is 24.0.